The van der Waals surface area contributed by atoms with Gasteiger partial charge in [-0.2, -0.15) is 0 Å². The summed E-state index contributed by atoms with van der Waals surface area (Å²) in [5.74, 6) is -0.289. The van der Waals surface area contributed by atoms with Crippen LogP contribution in [0.15, 0.2) is 42.5 Å². The van der Waals surface area contributed by atoms with Crippen molar-refractivity contribution in [1.82, 2.24) is 0 Å². The molecule has 7 heteroatoms. The lowest BCUT2D eigenvalue weighted by Gasteiger charge is -2.09. The second-order valence-electron chi connectivity index (χ2n) is 4.54. The number of nitro groups is 1. The van der Waals surface area contributed by atoms with Crippen LogP contribution in [-0.2, 0) is 4.79 Å². The van der Waals surface area contributed by atoms with Gasteiger partial charge in [0.15, 0.2) is 12.4 Å². The number of rotatable bonds is 5. The second-order valence-corrected chi connectivity index (χ2v) is 5.71. The van der Waals surface area contributed by atoms with E-state index in [-0.39, 0.29) is 24.0 Å². The van der Waals surface area contributed by atoms with Gasteiger partial charge in [-0.3, -0.25) is 14.9 Å². The molecule has 0 saturated heterocycles. The molecule has 0 aromatic heterocycles. The average Bonchev–Trinajstić information content (AvgIpc) is 2.47. The Kier molecular flexibility index (Phi) is 5.31. The zero-order chi connectivity index (χ0) is 16.1. The summed E-state index contributed by atoms with van der Waals surface area (Å²) in [7, 11) is 0. The lowest BCUT2D eigenvalue weighted by molar-refractivity contribution is -0.385. The predicted octanol–water partition coefficient (Wildman–Crippen LogP) is 3.53. The maximum Gasteiger partial charge on any atom is 0.310 e. The van der Waals surface area contributed by atoms with Gasteiger partial charge >= 0.3 is 5.69 Å². The van der Waals surface area contributed by atoms with Crippen LogP contribution in [0.3, 0.4) is 0 Å². The summed E-state index contributed by atoms with van der Waals surface area (Å²) in [6, 6.07) is 11.8. The molecule has 0 saturated carbocycles. The zero-order valence-corrected chi connectivity index (χ0v) is 13.9. The van der Waals surface area contributed by atoms with E-state index in [2.05, 4.69) is 27.9 Å². The number of ether oxygens (including phenoxy) is 1. The monoisotopic (exact) mass is 412 g/mol. The molecule has 0 radical (unpaired) electrons. The normalized spacial score (nSPS) is 10.1. The number of hydrogen-bond acceptors (Lipinski definition) is 4. The quantitative estimate of drug-likeness (QED) is 0.463. The Labute approximate surface area is 140 Å². The molecule has 6 nitrogen and oxygen atoms in total. The molecule has 114 valence electrons. The number of anilines is 1. The van der Waals surface area contributed by atoms with E-state index in [4.69, 9.17) is 4.74 Å². The number of aryl methyl sites for hydroxylation is 1. The molecule has 0 spiro atoms. The van der Waals surface area contributed by atoms with Crippen molar-refractivity contribution in [2.75, 3.05) is 11.9 Å². The van der Waals surface area contributed by atoms with Gasteiger partial charge in [0.2, 0.25) is 0 Å². The van der Waals surface area contributed by atoms with Gasteiger partial charge in [0.1, 0.15) is 0 Å². The van der Waals surface area contributed by atoms with E-state index in [1.807, 2.05) is 18.2 Å². The van der Waals surface area contributed by atoms with Gasteiger partial charge in [-0.05, 0) is 53.3 Å². The average molecular weight is 412 g/mol. The van der Waals surface area contributed by atoms with Gasteiger partial charge in [0.25, 0.3) is 5.91 Å². The fraction of sp³-hybridized carbons (Fsp3) is 0.133. The van der Waals surface area contributed by atoms with Crippen LogP contribution in [0, 0.1) is 20.6 Å². The molecule has 1 N–H and O–H groups in total. The number of nitrogens with one attached hydrogen (secondary N) is 1. The summed E-state index contributed by atoms with van der Waals surface area (Å²) in [5, 5.41) is 13.6. The molecule has 0 atom stereocenters. The molecular weight excluding hydrogens is 399 g/mol. The maximum absolute atomic E-state index is 11.9. The van der Waals surface area contributed by atoms with Crippen LogP contribution in [0.25, 0.3) is 0 Å². The van der Waals surface area contributed by atoms with E-state index in [1.165, 1.54) is 12.1 Å². The van der Waals surface area contributed by atoms with Crippen LogP contribution < -0.4 is 10.1 Å². The summed E-state index contributed by atoms with van der Waals surface area (Å²) >= 11 is 2.11. The van der Waals surface area contributed by atoms with Gasteiger partial charge in [0.05, 0.1) is 10.6 Å². The third kappa shape index (κ3) is 4.17. The number of hydrogen-bond donors (Lipinski definition) is 1. The highest BCUT2D eigenvalue weighted by atomic mass is 127. The molecule has 0 bridgehead atoms. The SMILES string of the molecule is Cc1ccc([N+](=O)[O-])c(OCC(=O)Nc2ccccc2I)c1. The maximum atomic E-state index is 11.9. The summed E-state index contributed by atoms with van der Waals surface area (Å²) in [6.07, 6.45) is 0. The van der Waals surface area contributed by atoms with Crippen molar-refractivity contribution < 1.29 is 14.5 Å². The molecule has 2 aromatic carbocycles. The van der Waals surface area contributed by atoms with Gasteiger partial charge in [-0.15, -0.1) is 0 Å². The first-order valence-electron chi connectivity index (χ1n) is 6.39. The van der Waals surface area contributed by atoms with Crippen LogP contribution in [0.1, 0.15) is 5.56 Å². The molecule has 0 aliphatic rings. The van der Waals surface area contributed by atoms with Crippen molar-refractivity contribution in [3.63, 3.8) is 0 Å². The first kappa shape index (κ1) is 16.2. The van der Waals surface area contributed by atoms with E-state index >= 15 is 0 Å². The number of amides is 1. The Morgan fingerprint density at radius 1 is 1.32 bits per heavy atom. The molecule has 0 heterocycles. The lowest BCUT2D eigenvalue weighted by atomic mass is 10.2. The van der Waals surface area contributed by atoms with Crippen molar-refractivity contribution in [3.05, 3.63) is 61.7 Å². The Morgan fingerprint density at radius 2 is 2.05 bits per heavy atom. The van der Waals surface area contributed by atoms with Gasteiger partial charge in [-0.25, -0.2) is 0 Å². The van der Waals surface area contributed by atoms with E-state index in [1.54, 1.807) is 19.1 Å². The van der Waals surface area contributed by atoms with E-state index in [0.717, 1.165) is 9.13 Å². The van der Waals surface area contributed by atoms with Crippen molar-refractivity contribution in [1.29, 1.82) is 0 Å². The minimum absolute atomic E-state index is 0.0860. The Hall–Kier alpha value is -2.16. The lowest BCUT2D eigenvalue weighted by Crippen LogP contribution is -2.21. The summed E-state index contributed by atoms with van der Waals surface area (Å²) < 4.78 is 6.20. The molecule has 2 rings (SSSR count). The molecule has 0 unspecified atom stereocenters. The van der Waals surface area contributed by atoms with Crippen LogP contribution in [-0.4, -0.2) is 17.4 Å². The van der Waals surface area contributed by atoms with Crippen molar-refractivity contribution in [2.24, 2.45) is 0 Å². The molecular formula is C15H13IN2O4. The van der Waals surface area contributed by atoms with Crippen LogP contribution >= 0.6 is 22.6 Å². The molecule has 2 aromatic rings. The second kappa shape index (κ2) is 7.21. The standard InChI is InChI=1S/C15H13IN2O4/c1-10-6-7-13(18(20)21)14(8-10)22-9-15(19)17-12-5-3-2-4-11(12)16/h2-8H,9H2,1H3,(H,17,19). The van der Waals surface area contributed by atoms with Crippen LogP contribution in [0.4, 0.5) is 11.4 Å². The van der Waals surface area contributed by atoms with Gasteiger partial charge in [-0.1, -0.05) is 18.2 Å². The number of benzene rings is 2. The number of carbonyl (C=O) groups excluding carboxylic acids is 1. The highest BCUT2D eigenvalue weighted by Crippen LogP contribution is 2.27. The Morgan fingerprint density at radius 3 is 2.73 bits per heavy atom. The third-order valence-electron chi connectivity index (χ3n) is 2.82. The minimum Gasteiger partial charge on any atom is -0.477 e. The number of halogens is 1. The van der Waals surface area contributed by atoms with Gasteiger partial charge in [0, 0.05) is 9.64 Å². The first-order valence-corrected chi connectivity index (χ1v) is 7.47. The number of para-hydroxylation sites is 1. The third-order valence-corrected chi connectivity index (χ3v) is 3.76. The molecule has 1 amide bonds. The predicted molar refractivity (Wildman–Crippen MR) is 91.1 cm³/mol. The van der Waals surface area contributed by atoms with Crippen LogP contribution in [0.5, 0.6) is 5.75 Å². The van der Waals surface area contributed by atoms with Gasteiger partial charge < -0.3 is 10.1 Å². The first-order chi connectivity index (χ1) is 10.5. The van der Waals surface area contributed by atoms with E-state index in [0.29, 0.717) is 5.69 Å². The van der Waals surface area contributed by atoms with Crippen molar-refractivity contribution in [3.8, 4) is 5.75 Å². The summed E-state index contributed by atoms with van der Waals surface area (Å²) in [5.41, 5.74) is 1.33. The minimum atomic E-state index is -0.535. The fourth-order valence-electron chi connectivity index (χ4n) is 1.78. The number of carbonyl (C=O) groups is 1. The Balaban J connectivity index is 2.04. The largest absolute Gasteiger partial charge is 0.477 e. The topological polar surface area (TPSA) is 81.5 Å². The number of nitro benzene ring substituents is 1. The van der Waals surface area contributed by atoms with Crippen molar-refractivity contribution in [2.45, 2.75) is 6.92 Å². The van der Waals surface area contributed by atoms with E-state index in [9.17, 15) is 14.9 Å². The highest BCUT2D eigenvalue weighted by molar-refractivity contribution is 14.1. The highest BCUT2D eigenvalue weighted by Gasteiger charge is 2.16. The van der Waals surface area contributed by atoms with Crippen molar-refractivity contribution >= 4 is 39.9 Å². The molecule has 0 aliphatic heterocycles. The zero-order valence-electron chi connectivity index (χ0n) is 11.7. The number of nitrogens with zero attached hydrogens (tertiary/aromatic N) is 1. The van der Waals surface area contributed by atoms with Crippen LogP contribution in [0.2, 0.25) is 0 Å². The smallest absolute Gasteiger partial charge is 0.310 e. The summed E-state index contributed by atoms with van der Waals surface area (Å²) in [6.45, 7) is 1.50. The Bertz CT molecular complexity index is 718. The summed E-state index contributed by atoms with van der Waals surface area (Å²) in [4.78, 5) is 22.3. The van der Waals surface area contributed by atoms with E-state index < -0.39 is 4.92 Å². The molecule has 22 heavy (non-hydrogen) atoms. The molecule has 0 aliphatic carbocycles. The molecule has 0 fully saturated rings. The fourth-order valence-corrected chi connectivity index (χ4v) is 2.30.